The smallest absolute Gasteiger partial charge is 0.351 e. The fraction of sp³-hybridized carbons (Fsp3) is 0.333. The molecule has 0 amide bonds. The number of nitrogens with one attached hydrogen (secondary N) is 1. The van der Waals surface area contributed by atoms with E-state index in [0.29, 0.717) is 30.3 Å². The summed E-state index contributed by atoms with van der Waals surface area (Å²) in [5, 5.41) is 12.0. The lowest BCUT2D eigenvalue weighted by molar-refractivity contribution is -0.137. The minimum Gasteiger partial charge on any atom is -0.351 e. The van der Waals surface area contributed by atoms with Crippen LogP contribution in [-0.4, -0.2) is 57.6 Å². The summed E-state index contributed by atoms with van der Waals surface area (Å²) < 4.78 is 67.4. The topological polar surface area (TPSA) is 117 Å². The maximum atomic E-state index is 13.8. The molecule has 0 atom stereocenters. The van der Waals surface area contributed by atoms with E-state index in [1.54, 1.807) is 0 Å². The van der Waals surface area contributed by atoms with E-state index in [0.717, 1.165) is 6.26 Å². The molecule has 1 N–H and O–H groups in total. The highest BCUT2D eigenvalue weighted by atomic mass is 35.5. The third kappa shape index (κ3) is 5.41. The molecule has 3 heterocycles. The van der Waals surface area contributed by atoms with E-state index in [-0.39, 0.29) is 40.9 Å². The summed E-state index contributed by atoms with van der Waals surface area (Å²) in [4.78, 5) is 12.0. The highest BCUT2D eigenvalue weighted by Gasteiger charge is 2.37. The number of anilines is 1. The Kier molecular flexibility index (Phi) is 7.16. The first-order valence-corrected chi connectivity index (χ1v) is 13.1. The zero-order chi connectivity index (χ0) is 26.3. The van der Waals surface area contributed by atoms with Crippen molar-refractivity contribution in [2.45, 2.75) is 25.1 Å². The largest absolute Gasteiger partial charge is 0.420 e. The van der Waals surface area contributed by atoms with Gasteiger partial charge < -0.3 is 5.32 Å². The Morgan fingerprint density at radius 1 is 1.17 bits per heavy atom. The minimum absolute atomic E-state index is 0.0715. The fourth-order valence-electron chi connectivity index (χ4n) is 3.79. The van der Waals surface area contributed by atoms with Gasteiger partial charge in [0.05, 0.1) is 28.6 Å². The molecule has 3 aromatic rings. The van der Waals surface area contributed by atoms with Gasteiger partial charge in [0.15, 0.2) is 0 Å². The maximum Gasteiger partial charge on any atom is 0.420 e. The molecule has 9 nitrogen and oxygen atoms in total. The predicted octanol–water partition coefficient (Wildman–Crippen LogP) is 4.36. The lowest BCUT2D eigenvalue weighted by atomic mass is 10.1. The van der Waals surface area contributed by atoms with Gasteiger partial charge in [0, 0.05) is 25.3 Å². The molecule has 1 aromatic carbocycles. The summed E-state index contributed by atoms with van der Waals surface area (Å²) >= 11 is 12.7. The van der Waals surface area contributed by atoms with Gasteiger partial charge in [-0.25, -0.2) is 27.7 Å². The van der Waals surface area contributed by atoms with Gasteiger partial charge in [0.1, 0.15) is 28.4 Å². The monoisotopic (exact) mass is 559 g/mol. The first-order valence-electron chi connectivity index (χ1n) is 10.5. The van der Waals surface area contributed by atoms with E-state index in [1.165, 1.54) is 33.4 Å². The van der Waals surface area contributed by atoms with E-state index in [1.807, 2.05) is 6.07 Å². The molecule has 0 saturated carbocycles. The van der Waals surface area contributed by atoms with E-state index < -0.39 is 27.5 Å². The fourth-order valence-corrected chi connectivity index (χ4v) is 5.20. The van der Waals surface area contributed by atoms with E-state index >= 15 is 0 Å². The summed E-state index contributed by atoms with van der Waals surface area (Å²) in [5.74, 6) is -0.0715. The Hall–Kier alpha value is -2.92. The average molecular weight is 560 g/mol. The Labute approximate surface area is 214 Å². The molecule has 1 fully saturated rings. The zero-order valence-electron chi connectivity index (χ0n) is 18.6. The summed E-state index contributed by atoms with van der Waals surface area (Å²) in [7, 11) is -3.32. The molecule has 1 saturated heterocycles. The normalized spacial score (nSPS) is 15.6. The summed E-state index contributed by atoms with van der Waals surface area (Å²) in [5.41, 5.74) is -1.27. The van der Waals surface area contributed by atoms with Crippen LogP contribution in [-0.2, 0) is 16.2 Å². The molecule has 0 aliphatic carbocycles. The van der Waals surface area contributed by atoms with Crippen LogP contribution in [0.5, 0.6) is 0 Å². The number of hydrogen-bond donors (Lipinski definition) is 1. The quantitative estimate of drug-likeness (QED) is 0.493. The summed E-state index contributed by atoms with van der Waals surface area (Å²) in [6.45, 7) is 0.539. The van der Waals surface area contributed by atoms with Crippen LogP contribution in [0.3, 0.4) is 0 Å². The van der Waals surface area contributed by atoms with Crippen LogP contribution in [0.15, 0.2) is 30.7 Å². The van der Waals surface area contributed by atoms with Crippen LogP contribution in [0.4, 0.5) is 19.1 Å². The van der Waals surface area contributed by atoms with Gasteiger partial charge in [-0.15, -0.1) is 0 Å². The number of sulfonamides is 1. The number of piperidine rings is 1. The molecule has 0 radical (unpaired) electrons. The lowest BCUT2D eigenvalue weighted by Gasteiger charge is -2.30. The van der Waals surface area contributed by atoms with Crippen molar-refractivity contribution >= 4 is 39.2 Å². The number of imidazole rings is 1. The molecule has 0 bridgehead atoms. The molecule has 1 aliphatic rings. The second-order valence-corrected chi connectivity index (χ2v) is 10.8. The van der Waals surface area contributed by atoms with Crippen molar-refractivity contribution in [3.63, 3.8) is 0 Å². The van der Waals surface area contributed by atoms with Crippen molar-refractivity contribution in [3.8, 4) is 23.1 Å². The molecule has 190 valence electrons. The van der Waals surface area contributed by atoms with Crippen LogP contribution in [0.2, 0.25) is 10.2 Å². The second kappa shape index (κ2) is 9.85. The van der Waals surface area contributed by atoms with Crippen LogP contribution < -0.4 is 5.32 Å². The van der Waals surface area contributed by atoms with Crippen molar-refractivity contribution in [3.05, 3.63) is 52.0 Å². The van der Waals surface area contributed by atoms with Gasteiger partial charge in [-0.2, -0.15) is 18.4 Å². The average Bonchev–Trinajstić information content (AvgIpc) is 3.18. The molecular weight excluding hydrogens is 542 g/mol. The van der Waals surface area contributed by atoms with Crippen molar-refractivity contribution in [1.29, 1.82) is 5.26 Å². The molecule has 4 rings (SSSR count). The first kappa shape index (κ1) is 26.2. The highest BCUT2D eigenvalue weighted by molar-refractivity contribution is 7.88. The predicted molar refractivity (Wildman–Crippen MR) is 127 cm³/mol. The first-order chi connectivity index (χ1) is 16.9. The molecule has 0 unspecified atom stereocenters. The summed E-state index contributed by atoms with van der Waals surface area (Å²) in [6.07, 6.45) is -0.936. The third-order valence-electron chi connectivity index (χ3n) is 5.62. The van der Waals surface area contributed by atoms with E-state index in [2.05, 4.69) is 20.3 Å². The highest BCUT2D eigenvalue weighted by Crippen LogP contribution is 2.39. The second-order valence-electron chi connectivity index (χ2n) is 8.07. The van der Waals surface area contributed by atoms with Crippen LogP contribution in [0.1, 0.15) is 24.0 Å². The minimum atomic E-state index is -4.78. The van der Waals surface area contributed by atoms with E-state index in [9.17, 15) is 21.6 Å². The van der Waals surface area contributed by atoms with Crippen LogP contribution in [0.25, 0.3) is 17.1 Å². The van der Waals surface area contributed by atoms with Crippen molar-refractivity contribution in [1.82, 2.24) is 23.8 Å². The number of rotatable bonds is 5. The van der Waals surface area contributed by atoms with Gasteiger partial charge in [0.25, 0.3) is 0 Å². The number of benzene rings is 1. The number of halogens is 5. The number of aromatic nitrogens is 4. The molecule has 36 heavy (non-hydrogen) atoms. The molecular formula is C21H18Cl2F3N7O2S. The molecule has 2 aromatic heterocycles. The van der Waals surface area contributed by atoms with Gasteiger partial charge in [-0.3, -0.25) is 4.57 Å². The van der Waals surface area contributed by atoms with Crippen molar-refractivity contribution in [2.75, 3.05) is 24.7 Å². The van der Waals surface area contributed by atoms with Crippen LogP contribution >= 0.6 is 23.2 Å². The van der Waals surface area contributed by atoms with Crippen molar-refractivity contribution in [2.24, 2.45) is 0 Å². The van der Waals surface area contributed by atoms with Gasteiger partial charge in [-0.1, -0.05) is 23.2 Å². The van der Waals surface area contributed by atoms with Gasteiger partial charge >= 0.3 is 6.18 Å². The van der Waals surface area contributed by atoms with Gasteiger partial charge in [0.2, 0.25) is 16.0 Å². The number of nitriles is 1. The number of nitrogens with zero attached hydrogens (tertiary/aromatic N) is 6. The molecule has 1 aliphatic heterocycles. The van der Waals surface area contributed by atoms with Gasteiger partial charge in [-0.05, 0) is 31.0 Å². The number of hydrogen-bond acceptors (Lipinski definition) is 7. The zero-order valence-corrected chi connectivity index (χ0v) is 20.9. The van der Waals surface area contributed by atoms with Crippen molar-refractivity contribution < 1.29 is 21.6 Å². The Morgan fingerprint density at radius 3 is 2.44 bits per heavy atom. The standard InChI is InChI=1S/C21H18Cl2F3N7O2S/c1-36(34,35)32-6-4-13(5-7-32)30-20-28-10-14(21(24,25)26)17(31-20)18-19(23)33(11-29-18)16-3-2-12(9-27)8-15(16)22/h2-3,8,10-11,13H,4-7H2,1H3,(H,28,30,31). The summed E-state index contributed by atoms with van der Waals surface area (Å²) in [6, 6.07) is 6.09. The maximum absolute atomic E-state index is 13.8. The van der Waals surface area contributed by atoms with Crippen LogP contribution in [0, 0.1) is 11.3 Å². The number of alkyl halides is 3. The SMILES string of the molecule is CS(=O)(=O)N1CCC(Nc2ncc(C(F)(F)F)c(-c3ncn(-c4ccc(C#N)cc4Cl)c3Cl)n2)CC1. The lowest BCUT2D eigenvalue weighted by Crippen LogP contribution is -2.42. The molecule has 15 heteroatoms. The Balaban J connectivity index is 1.67. The van der Waals surface area contributed by atoms with E-state index in [4.69, 9.17) is 28.5 Å². The third-order valence-corrected chi connectivity index (χ3v) is 7.59. The Morgan fingerprint density at radius 2 is 1.86 bits per heavy atom. The molecule has 0 spiro atoms. The Bertz CT molecular complexity index is 1450.